The Bertz CT molecular complexity index is 354. The molecule has 90 valence electrons. The molecule has 0 aliphatic rings. The molecule has 1 unspecified atom stereocenters. The number of hydrogen-bond donors (Lipinski definition) is 1. The predicted molar refractivity (Wildman–Crippen MR) is 71.1 cm³/mol. The summed E-state index contributed by atoms with van der Waals surface area (Å²) in [6, 6.07) is 0.225. The first-order chi connectivity index (χ1) is 7.56. The van der Waals surface area contributed by atoms with Crippen molar-refractivity contribution >= 4 is 34.1 Å². The zero-order valence-corrected chi connectivity index (χ0v) is 11.4. The van der Waals surface area contributed by atoms with E-state index >= 15 is 0 Å². The molecule has 0 saturated heterocycles. The number of rotatable bonds is 5. The van der Waals surface area contributed by atoms with Crippen molar-refractivity contribution in [3.05, 3.63) is 11.1 Å². The number of thioether (sulfide) groups is 1. The number of nitrogens with zero attached hydrogens (tertiary/aromatic N) is 2. The van der Waals surface area contributed by atoms with Crippen LogP contribution in [0.2, 0.25) is 0 Å². The molecule has 1 aromatic rings. The Kier molecular flexibility index (Phi) is 5.08. The average Bonchev–Trinajstić information content (AvgIpc) is 2.70. The molecule has 1 aromatic heterocycles. The molecule has 0 saturated carbocycles. The molecule has 0 aliphatic carbocycles. The summed E-state index contributed by atoms with van der Waals surface area (Å²) in [6.07, 6.45) is 3.05. The minimum absolute atomic E-state index is 0.0541. The third kappa shape index (κ3) is 3.38. The second-order valence-electron chi connectivity index (χ2n) is 3.62. The van der Waals surface area contributed by atoms with Crippen molar-refractivity contribution < 1.29 is 4.79 Å². The highest BCUT2D eigenvalue weighted by Gasteiger charge is 2.19. The van der Waals surface area contributed by atoms with E-state index in [1.165, 1.54) is 11.3 Å². The molecule has 0 bridgehead atoms. The number of carbonyl (C=O) groups excluding carboxylic acids is 1. The summed E-state index contributed by atoms with van der Waals surface area (Å²) in [5, 5.41) is 2.14. The van der Waals surface area contributed by atoms with Crippen LogP contribution in [0.25, 0.3) is 0 Å². The summed E-state index contributed by atoms with van der Waals surface area (Å²) in [6.45, 7) is 2.05. The molecule has 0 fully saturated rings. The van der Waals surface area contributed by atoms with Gasteiger partial charge in [-0.1, -0.05) is 0 Å². The van der Waals surface area contributed by atoms with E-state index in [0.717, 1.165) is 12.2 Å². The van der Waals surface area contributed by atoms with E-state index in [4.69, 9.17) is 5.73 Å². The summed E-state index contributed by atoms with van der Waals surface area (Å²) in [5.41, 5.74) is 5.95. The van der Waals surface area contributed by atoms with Crippen LogP contribution in [0.5, 0.6) is 0 Å². The molecular formula is C10H17N3OS2. The molecule has 1 heterocycles. The molecule has 1 atom stereocenters. The van der Waals surface area contributed by atoms with Crippen LogP contribution < -0.4 is 5.73 Å². The van der Waals surface area contributed by atoms with E-state index in [9.17, 15) is 4.79 Å². The van der Waals surface area contributed by atoms with Crippen molar-refractivity contribution in [1.82, 2.24) is 9.88 Å². The van der Waals surface area contributed by atoms with Crippen LogP contribution >= 0.6 is 23.1 Å². The second kappa shape index (κ2) is 6.10. The van der Waals surface area contributed by atoms with Crippen molar-refractivity contribution in [2.45, 2.75) is 19.4 Å². The molecule has 1 amide bonds. The lowest BCUT2D eigenvalue weighted by atomic mass is 10.2. The molecule has 2 N–H and O–H groups in total. The average molecular weight is 259 g/mol. The van der Waals surface area contributed by atoms with Crippen molar-refractivity contribution in [2.24, 2.45) is 0 Å². The number of aromatic nitrogens is 1. The van der Waals surface area contributed by atoms with E-state index in [1.807, 2.05) is 14.0 Å². The number of thiazole rings is 1. The monoisotopic (exact) mass is 259 g/mol. The standard InChI is InChI=1S/C10H17N3OS2/c1-7(4-5-15-3)13(2)9(14)8-6-16-10(11)12-8/h6-7H,4-5H2,1-3H3,(H2,11,12). The SMILES string of the molecule is CSCCC(C)N(C)C(=O)c1csc(N)n1. The predicted octanol–water partition coefficient (Wildman–Crippen LogP) is 1.94. The molecule has 0 radical (unpaired) electrons. The van der Waals surface area contributed by atoms with Crippen LogP contribution in [0, 0.1) is 0 Å². The maximum absolute atomic E-state index is 12.0. The number of hydrogen-bond acceptors (Lipinski definition) is 5. The summed E-state index contributed by atoms with van der Waals surface area (Å²) in [7, 11) is 1.81. The summed E-state index contributed by atoms with van der Waals surface area (Å²) in [5.74, 6) is 0.999. The quantitative estimate of drug-likeness (QED) is 0.878. The molecule has 0 aromatic carbocycles. The lowest BCUT2D eigenvalue weighted by Crippen LogP contribution is -2.35. The van der Waals surface area contributed by atoms with Gasteiger partial charge in [0.05, 0.1) is 0 Å². The third-order valence-electron chi connectivity index (χ3n) is 2.46. The highest BCUT2D eigenvalue weighted by Crippen LogP contribution is 2.15. The van der Waals surface area contributed by atoms with Crippen LogP contribution in [0.1, 0.15) is 23.8 Å². The van der Waals surface area contributed by atoms with Crippen LogP contribution in [0.3, 0.4) is 0 Å². The zero-order chi connectivity index (χ0) is 12.1. The zero-order valence-electron chi connectivity index (χ0n) is 9.77. The fraction of sp³-hybridized carbons (Fsp3) is 0.600. The number of nitrogens with two attached hydrogens (primary N) is 1. The number of amides is 1. The first-order valence-electron chi connectivity index (χ1n) is 5.03. The summed E-state index contributed by atoms with van der Waals surface area (Å²) >= 11 is 3.08. The summed E-state index contributed by atoms with van der Waals surface area (Å²) < 4.78 is 0. The van der Waals surface area contributed by atoms with Crippen LogP contribution in [-0.2, 0) is 0 Å². The molecule has 6 heteroatoms. The Morgan fingerprint density at radius 2 is 2.44 bits per heavy atom. The molecule has 0 aliphatic heterocycles. The van der Waals surface area contributed by atoms with E-state index in [0.29, 0.717) is 10.8 Å². The van der Waals surface area contributed by atoms with Gasteiger partial charge in [0.2, 0.25) is 0 Å². The van der Waals surface area contributed by atoms with E-state index in [-0.39, 0.29) is 11.9 Å². The van der Waals surface area contributed by atoms with Gasteiger partial charge in [0, 0.05) is 18.5 Å². The number of anilines is 1. The van der Waals surface area contributed by atoms with Crippen molar-refractivity contribution in [3.63, 3.8) is 0 Å². The fourth-order valence-electron chi connectivity index (χ4n) is 1.25. The van der Waals surface area contributed by atoms with Crippen LogP contribution in [-0.4, -0.2) is 40.9 Å². The van der Waals surface area contributed by atoms with Gasteiger partial charge in [0.25, 0.3) is 5.91 Å². The first kappa shape index (κ1) is 13.3. The van der Waals surface area contributed by atoms with Gasteiger partial charge < -0.3 is 10.6 Å². The van der Waals surface area contributed by atoms with Gasteiger partial charge in [-0.25, -0.2) is 4.98 Å². The third-order valence-corrected chi connectivity index (χ3v) is 3.78. The van der Waals surface area contributed by atoms with Gasteiger partial charge >= 0.3 is 0 Å². The van der Waals surface area contributed by atoms with E-state index < -0.39 is 0 Å². The highest BCUT2D eigenvalue weighted by atomic mass is 32.2. The minimum atomic E-state index is -0.0541. The molecule has 1 rings (SSSR count). The first-order valence-corrected chi connectivity index (χ1v) is 7.30. The Labute approximate surface area is 104 Å². The Hall–Kier alpha value is -0.750. The van der Waals surface area contributed by atoms with Gasteiger partial charge in [0.15, 0.2) is 5.13 Å². The van der Waals surface area contributed by atoms with Crippen molar-refractivity contribution in [3.8, 4) is 0 Å². The van der Waals surface area contributed by atoms with Gasteiger partial charge in [-0.3, -0.25) is 4.79 Å². The van der Waals surface area contributed by atoms with Crippen LogP contribution in [0.15, 0.2) is 5.38 Å². The van der Waals surface area contributed by atoms with E-state index in [2.05, 4.69) is 11.2 Å². The van der Waals surface area contributed by atoms with Crippen molar-refractivity contribution in [1.29, 1.82) is 0 Å². The Balaban J connectivity index is 2.59. The molecular weight excluding hydrogens is 242 g/mol. The fourth-order valence-corrected chi connectivity index (χ4v) is 2.36. The second-order valence-corrected chi connectivity index (χ2v) is 5.49. The minimum Gasteiger partial charge on any atom is -0.375 e. The normalized spacial score (nSPS) is 12.4. The molecule has 4 nitrogen and oxygen atoms in total. The smallest absolute Gasteiger partial charge is 0.273 e. The van der Waals surface area contributed by atoms with E-state index in [1.54, 1.807) is 22.0 Å². The largest absolute Gasteiger partial charge is 0.375 e. The van der Waals surface area contributed by atoms with Gasteiger partial charge in [-0.05, 0) is 25.4 Å². The van der Waals surface area contributed by atoms with Gasteiger partial charge in [0.1, 0.15) is 5.69 Å². The van der Waals surface area contributed by atoms with Crippen molar-refractivity contribution in [2.75, 3.05) is 24.8 Å². The summed E-state index contributed by atoms with van der Waals surface area (Å²) in [4.78, 5) is 17.7. The highest BCUT2D eigenvalue weighted by molar-refractivity contribution is 7.98. The lowest BCUT2D eigenvalue weighted by Gasteiger charge is -2.23. The maximum Gasteiger partial charge on any atom is 0.273 e. The molecule has 0 spiro atoms. The molecule has 16 heavy (non-hydrogen) atoms. The number of carbonyl (C=O) groups is 1. The topological polar surface area (TPSA) is 59.2 Å². The Morgan fingerprint density at radius 3 is 2.94 bits per heavy atom. The Morgan fingerprint density at radius 1 is 1.75 bits per heavy atom. The number of nitrogen functional groups attached to an aromatic ring is 1. The van der Waals surface area contributed by atoms with Gasteiger partial charge in [-0.2, -0.15) is 11.8 Å². The maximum atomic E-state index is 12.0. The lowest BCUT2D eigenvalue weighted by molar-refractivity contribution is 0.0736. The van der Waals surface area contributed by atoms with Crippen LogP contribution in [0.4, 0.5) is 5.13 Å². The van der Waals surface area contributed by atoms with Gasteiger partial charge in [-0.15, -0.1) is 11.3 Å².